The number of hydrogen-bond donors (Lipinski definition) is 0. The fraction of sp³-hybridized carbons (Fsp3) is 1.00. The quantitative estimate of drug-likeness (QED) is 0.314. The van der Waals surface area contributed by atoms with Crippen molar-refractivity contribution >= 4 is 27.9 Å². The second kappa shape index (κ2) is 6.96. The van der Waals surface area contributed by atoms with Crippen LogP contribution in [-0.2, 0) is 0 Å². The van der Waals surface area contributed by atoms with Crippen LogP contribution in [0.15, 0.2) is 0 Å². The first-order valence-electron chi connectivity index (χ1n) is 1.85. The van der Waals surface area contributed by atoms with E-state index in [2.05, 4.69) is 0 Å². The van der Waals surface area contributed by atoms with Crippen LogP contribution in [0.3, 0.4) is 0 Å². The molecule has 0 spiro atoms. The van der Waals surface area contributed by atoms with Gasteiger partial charge in [-0.25, -0.2) is 0 Å². The second-order valence-corrected chi connectivity index (χ2v) is 3.53. The van der Waals surface area contributed by atoms with Crippen LogP contribution in [-0.4, -0.2) is 34.5 Å². The summed E-state index contributed by atoms with van der Waals surface area (Å²) < 4.78 is 0.468. The van der Waals surface area contributed by atoms with Crippen LogP contribution in [0.5, 0.6) is 0 Å². The van der Waals surface area contributed by atoms with Crippen LogP contribution >= 0.6 is 0 Å². The maximum absolute atomic E-state index is 9.66. The Morgan fingerprint density at radius 3 is 2.00 bits per heavy atom. The van der Waals surface area contributed by atoms with E-state index >= 15 is 0 Å². The summed E-state index contributed by atoms with van der Waals surface area (Å²) in [5, 5.41) is 9.66. The largest absolute Gasteiger partial charge is 1.00 e. The molecule has 0 radical (unpaired) electrons. The predicted molar refractivity (Wildman–Crippen MR) is 20.0 cm³/mol. The van der Waals surface area contributed by atoms with E-state index in [0.717, 1.165) is 27.9 Å². The Hall–Kier alpha value is 1.96. The Bertz CT molecular complexity index is 22.8. The van der Waals surface area contributed by atoms with Crippen molar-refractivity contribution in [2.24, 2.45) is 0 Å². The first kappa shape index (κ1) is 10.9. The van der Waals surface area contributed by atoms with Gasteiger partial charge in [0.25, 0.3) is 0 Å². The van der Waals surface area contributed by atoms with Gasteiger partial charge < -0.3 is 0 Å². The Labute approximate surface area is 78.2 Å². The molecule has 0 aliphatic heterocycles. The third kappa shape index (κ3) is 9.35. The van der Waals surface area contributed by atoms with Gasteiger partial charge in [-0.3, -0.25) is 0 Å². The minimum Gasteiger partial charge on any atom is 1.00 e. The summed E-state index contributed by atoms with van der Waals surface area (Å²) in [7, 11) is 0. The predicted octanol–water partition coefficient (Wildman–Crippen LogP) is -3.67. The van der Waals surface area contributed by atoms with Gasteiger partial charge >= 0.3 is 79.3 Å². The molecule has 1 atom stereocenters. The Morgan fingerprint density at radius 2 is 2.00 bits per heavy atom. The van der Waals surface area contributed by atoms with Crippen LogP contribution < -0.4 is 34.7 Å². The molecule has 0 heterocycles. The van der Waals surface area contributed by atoms with E-state index in [1.807, 2.05) is 6.92 Å². The van der Waals surface area contributed by atoms with Crippen molar-refractivity contribution in [3.05, 3.63) is 0 Å². The summed E-state index contributed by atoms with van der Waals surface area (Å²) in [6, 6.07) is 0. The van der Waals surface area contributed by atoms with E-state index in [1.54, 1.807) is 0 Å². The molecule has 1 nitrogen and oxygen atoms in total. The second-order valence-electron chi connectivity index (χ2n) is 1.56. The molecule has 0 fully saturated rings. The van der Waals surface area contributed by atoms with Gasteiger partial charge in [-0.15, -0.1) is 0 Å². The van der Waals surface area contributed by atoms with Gasteiger partial charge in [0.15, 0.2) is 0 Å². The maximum Gasteiger partial charge on any atom is 1.00 e. The van der Waals surface area contributed by atoms with E-state index in [9.17, 15) is 5.11 Å². The summed E-state index contributed by atoms with van der Waals surface area (Å²) in [5.74, 6) is 0. The number of hydrogen-bond acceptors (Lipinski definition) is 1. The fourth-order valence-corrected chi connectivity index (χ4v) is 0. The molecule has 0 rings (SSSR count). The van der Waals surface area contributed by atoms with E-state index in [1.165, 1.54) is 0 Å². The molecule has 0 aliphatic carbocycles. The normalized spacial score (nSPS) is 12.7. The molecule has 0 saturated carbocycles. The standard InChI is InChI=1S/C3H6O.2Na/c1-2-3-4;;/h2H,3H2,1H3;;/q-1;;+1. The van der Waals surface area contributed by atoms with Crippen molar-refractivity contribution in [2.75, 3.05) is 6.61 Å². The third-order valence-corrected chi connectivity index (χ3v) is 0.667. The van der Waals surface area contributed by atoms with Crippen molar-refractivity contribution < 1.29 is 34.7 Å². The van der Waals surface area contributed by atoms with Gasteiger partial charge in [0.1, 0.15) is 0 Å². The molecular weight excluding hydrogens is 98.0 g/mol. The third-order valence-electron chi connectivity index (χ3n) is 0.333. The fourth-order valence-electron chi connectivity index (χ4n) is 0. The summed E-state index contributed by atoms with van der Waals surface area (Å²) in [6.07, 6.45) is 0. The molecule has 0 aromatic carbocycles. The maximum atomic E-state index is 9.66. The van der Waals surface area contributed by atoms with E-state index in [4.69, 9.17) is 0 Å². The molecule has 26 valence electrons. The molecule has 0 aromatic rings. The van der Waals surface area contributed by atoms with Crippen LogP contribution in [0.25, 0.3) is 0 Å². The topological polar surface area (TPSA) is 23.1 Å². The molecule has 0 amide bonds. The molecule has 6 heavy (non-hydrogen) atoms. The Kier molecular flexibility index (Phi) is 12.6. The Morgan fingerprint density at radius 1 is 1.83 bits per heavy atom. The van der Waals surface area contributed by atoms with E-state index in [0.29, 0.717) is 3.17 Å². The molecule has 0 aromatic heterocycles. The van der Waals surface area contributed by atoms with Crippen LogP contribution in [0.2, 0.25) is 3.17 Å². The summed E-state index contributed by atoms with van der Waals surface area (Å²) in [4.78, 5) is 0. The monoisotopic (exact) mass is 104 g/mol. The average molecular weight is 104 g/mol. The SMILES string of the molecule is C[CH]([Na])C[O-].[Na+]. The average Bonchev–Trinajstić information content (AvgIpc) is 1.38. The molecule has 0 N–H and O–H groups in total. The number of rotatable bonds is 1. The van der Waals surface area contributed by atoms with Crippen LogP contribution in [0.1, 0.15) is 6.92 Å². The van der Waals surface area contributed by atoms with Crippen molar-refractivity contribution in [3.8, 4) is 0 Å². The summed E-state index contributed by atoms with van der Waals surface area (Å²) in [6.45, 7) is 2.09. The van der Waals surface area contributed by atoms with Crippen LogP contribution in [0, 0.1) is 0 Å². The van der Waals surface area contributed by atoms with Gasteiger partial charge in [-0.1, -0.05) is 0 Å². The molecule has 1 unspecified atom stereocenters. The minimum atomic E-state index is 0. The zero-order valence-corrected chi connectivity index (χ0v) is 8.69. The zero-order chi connectivity index (χ0) is 4.28. The molecule has 3 heteroatoms. The summed E-state index contributed by atoms with van der Waals surface area (Å²) >= 11 is 1.06. The van der Waals surface area contributed by atoms with E-state index < -0.39 is 0 Å². The van der Waals surface area contributed by atoms with Gasteiger partial charge in [0.05, 0.1) is 0 Å². The minimum absolute atomic E-state index is 0. The van der Waals surface area contributed by atoms with Gasteiger partial charge in [-0.05, 0) is 0 Å². The van der Waals surface area contributed by atoms with Crippen molar-refractivity contribution in [2.45, 2.75) is 10.1 Å². The van der Waals surface area contributed by atoms with Crippen LogP contribution in [0.4, 0.5) is 0 Å². The smallest absolute Gasteiger partial charge is 1.00 e. The first-order chi connectivity index (χ1) is 2.27. The summed E-state index contributed by atoms with van der Waals surface area (Å²) in [5.41, 5.74) is 0. The molecule has 0 bridgehead atoms. The zero-order valence-electron chi connectivity index (χ0n) is 4.69. The van der Waals surface area contributed by atoms with Gasteiger partial charge in [0, 0.05) is 0 Å². The van der Waals surface area contributed by atoms with Crippen molar-refractivity contribution in [3.63, 3.8) is 0 Å². The molecule has 0 saturated heterocycles. The molecular formula is C3H6Na2O. The Balaban J connectivity index is 0. The van der Waals surface area contributed by atoms with Gasteiger partial charge in [0.2, 0.25) is 0 Å². The van der Waals surface area contributed by atoms with Crippen molar-refractivity contribution in [1.82, 2.24) is 0 Å². The van der Waals surface area contributed by atoms with Crippen molar-refractivity contribution in [1.29, 1.82) is 0 Å². The molecule has 0 aliphatic rings. The van der Waals surface area contributed by atoms with E-state index in [-0.39, 0.29) is 36.2 Å². The van der Waals surface area contributed by atoms with Gasteiger partial charge in [-0.2, -0.15) is 0 Å². The first-order valence-corrected chi connectivity index (χ1v) is 3.01.